The minimum Gasteiger partial charge on any atom is -0.497 e. The van der Waals surface area contributed by atoms with Crippen LogP contribution in [0.25, 0.3) is 0 Å². The number of rotatable bonds is 5. The lowest BCUT2D eigenvalue weighted by Gasteiger charge is -2.29. The van der Waals surface area contributed by atoms with Gasteiger partial charge in [0.05, 0.1) is 7.11 Å². The number of hydrogen-bond acceptors (Lipinski definition) is 2. The van der Waals surface area contributed by atoms with E-state index in [0.717, 1.165) is 10.2 Å². The van der Waals surface area contributed by atoms with Gasteiger partial charge in [-0.1, -0.05) is 52.3 Å². The van der Waals surface area contributed by atoms with Crippen molar-refractivity contribution in [2.45, 2.75) is 24.3 Å². The van der Waals surface area contributed by atoms with Crippen LogP contribution in [0.15, 0.2) is 53.0 Å². The van der Waals surface area contributed by atoms with Crippen LogP contribution in [0.2, 0.25) is 0 Å². The third kappa shape index (κ3) is 2.60. The highest BCUT2D eigenvalue weighted by atomic mass is 79.9. The highest BCUT2D eigenvalue weighted by molar-refractivity contribution is 9.10. The molecule has 0 bridgehead atoms. The van der Waals surface area contributed by atoms with Crippen molar-refractivity contribution in [2.24, 2.45) is 0 Å². The molecule has 1 unspecified atom stereocenters. The van der Waals surface area contributed by atoms with Crippen LogP contribution >= 0.6 is 15.9 Å². The van der Waals surface area contributed by atoms with Crippen LogP contribution in [0.1, 0.15) is 30.0 Å². The average molecular weight is 346 g/mol. The van der Waals surface area contributed by atoms with Crippen molar-refractivity contribution in [2.75, 3.05) is 14.2 Å². The van der Waals surface area contributed by atoms with Gasteiger partial charge in [0.25, 0.3) is 0 Å². The fourth-order valence-corrected chi connectivity index (χ4v) is 3.83. The van der Waals surface area contributed by atoms with E-state index in [1.54, 1.807) is 7.11 Å². The Labute approximate surface area is 134 Å². The van der Waals surface area contributed by atoms with Gasteiger partial charge in [0, 0.05) is 15.9 Å². The molecule has 0 spiro atoms. The Morgan fingerprint density at radius 2 is 1.86 bits per heavy atom. The summed E-state index contributed by atoms with van der Waals surface area (Å²) >= 11 is 3.70. The Bertz CT molecular complexity index is 622. The van der Waals surface area contributed by atoms with E-state index in [0.29, 0.717) is 6.04 Å². The van der Waals surface area contributed by atoms with Gasteiger partial charge in [-0.3, -0.25) is 0 Å². The maximum atomic E-state index is 5.30. The molecule has 1 N–H and O–H groups in total. The van der Waals surface area contributed by atoms with E-state index in [-0.39, 0.29) is 5.41 Å². The molecular weight excluding hydrogens is 326 g/mol. The topological polar surface area (TPSA) is 21.3 Å². The average Bonchev–Trinajstić information content (AvgIpc) is 3.32. The fourth-order valence-electron chi connectivity index (χ4n) is 3.25. The van der Waals surface area contributed by atoms with Crippen molar-refractivity contribution in [3.8, 4) is 5.75 Å². The molecule has 1 aliphatic carbocycles. The van der Waals surface area contributed by atoms with E-state index >= 15 is 0 Å². The van der Waals surface area contributed by atoms with Crippen LogP contribution in [0.3, 0.4) is 0 Å². The van der Waals surface area contributed by atoms with Crippen LogP contribution in [-0.4, -0.2) is 14.2 Å². The van der Waals surface area contributed by atoms with E-state index in [4.69, 9.17) is 4.74 Å². The zero-order chi connectivity index (χ0) is 14.9. The fraction of sp³-hybridized carbons (Fsp3) is 0.333. The molecule has 0 aromatic heterocycles. The summed E-state index contributed by atoms with van der Waals surface area (Å²) in [6.07, 6.45) is 2.45. The van der Waals surface area contributed by atoms with Crippen molar-refractivity contribution >= 4 is 15.9 Å². The zero-order valence-corrected chi connectivity index (χ0v) is 14.0. The Morgan fingerprint density at radius 3 is 2.38 bits per heavy atom. The summed E-state index contributed by atoms with van der Waals surface area (Å²) < 4.78 is 6.40. The van der Waals surface area contributed by atoms with Gasteiger partial charge in [-0.2, -0.15) is 0 Å². The third-order valence-corrected chi connectivity index (χ3v) is 5.18. The van der Waals surface area contributed by atoms with Crippen LogP contribution in [0.5, 0.6) is 5.75 Å². The van der Waals surface area contributed by atoms with E-state index in [2.05, 4.69) is 57.6 Å². The molecule has 0 radical (unpaired) electrons. The lowest BCUT2D eigenvalue weighted by Crippen LogP contribution is -2.30. The molecule has 3 heteroatoms. The molecule has 0 heterocycles. The zero-order valence-electron chi connectivity index (χ0n) is 12.4. The Morgan fingerprint density at radius 1 is 1.14 bits per heavy atom. The molecule has 0 amide bonds. The highest BCUT2D eigenvalue weighted by Gasteiger charge is 2.51. The second kappa shape index (κ2) is 5.82. The molecule has 3 rings (SSSR count). The maximum Gasteiger partial charge on any atom is 0.120 e. The van der Waals surface area contributed by atoms with E-state index in [9.17, 15) is 0 Å². The summed E-state index contributed by atoms with van der Waals surface area (Å²) in [6, 6.07) is 17.4. The first kappa shape index (κ1) is 14.6. The molecule has 21 heavy (non-hydrogen) atoms. The Balaban J connectivity index is 1.99. The number of halogens is 1. The van der Waals surface area contributed by atoms with Gasteiger partial charge in [0.15, 0.2) is 0 Å². The molecule has 1 fully saturated rings. The number of likely N-dealkylation sites (N-methyl/N-ethyl adjacent to an activating group) is 1. The molecule has 110 valence electrons. The quantitative estimate of drug-likeness (QED) is 0.864. The van der Waals surface area contributed by atoms with Crippen LogP contribution in [0, 0.1) is 0 Å². The van der Waals surface area contributed by atoms with Gasteiger partial charge < -0.3 is 10.1 Å². The molecule has 2 aromatic carbocycles. The maximum absolute atomic E-state index is 5.30. The molecule has 2 nitrogen and oxygen atoms in total. The molecular formula is C18H20BrNO. The predicted octanol–water partition coefficient (Wildman–Crippen LogP) is 4.45. The SMILES string of the molecule is CNC(c1ccc(OC)cc1Br)C1(c2ccccc2)CC1. The number of ether oxygens (including phenoxy) is 1. The number of hydrogen-bond donors (Lipinski definition) is 1. The first-order valence-corrected chi connectivity index (χ1v) is 8.07. The summed E-state index contributed by atoms with van der Waals surface area (Å²) in [6.45, 7) is 0. The van der Waals surface area contributed by atoms with Crippen molar-refractivity contribution in [3.63, 3.8) is 0 Å². The largest absolute Gasteiger partial charge is 0.497 e. The van der Waals surface area contributed by atoms with Gasteiger partial charge in [0.2, 0.25) is 0 Å². The second-order valence-electron chi connectivity index (χ2n) is 5.63. The van der Waals surface area contributed by atoms with Crippen molar-refractivity contribution in [1.29, 1.82) is 0 Å². The highest BCUT2D eigenvalue weighted by Crippen LogP contribution is 2.57. The lowest BCUT2D eigenvalue weighted by atomic mass is 9.84. The van der Waals surface area contributed by atoms with Gasteiger partial charge in [0.1, 0.15) is 5.75 Å². The summed E-state index contributed by atoms with van der Waals surface area (Å²) in [5, 5.41) is 3.53. The molecule has 0 saturated heterocycles. The van der Waals surface area contributed by atoms with E-state index in [1.165, 1.54) is 24.0 Å². The predicted molar refractivity (Wildman–Crippen MR) is 89.8 cm³/mol. The van der Waals surface area contributed by atoms with E-state index < -0.39 is 0 Å². The Hall–Kier alpha value is -1.32. The summed E-state index contributed by atoms with van der Waals surface area (Å²) in [4.78, 5) is 0. The Kier molecular flexibility index (Phi) is 4.05. The second-order valence-corrected chi connectivity index (χ2v) is 6.49. The molecule has 2 aromatic rings. The number of benzene rings is 2. The minimum atomic E-state index is 0.215. The minimum absolute atomic E-state index is 0.215. The van der Waals surface area contributed by atoms with Gasteiger partial charge in [-0.15, -0.1) is 0 Å². The third-order valence-electron chi connectivity index (χ3n) is 4.50. The standard InChI is InChI=1S/C18H20BrNO/c1-20-17(15-9-8-14(21-2)12-16(15)19)18(10-11-18)13-6-4-3-5-7-13/h3-9,12,17,20H,10-11H2,1-2H3. The van der Waals surface area contributed by atoms with Crippen LogP contribution in [-0.2, 0) is 5.41 Å². The van der Waals surface area contributed by atoms with Gasteiger partial charge in [-0.05, 0) is 43.1 Å². The molecule has 1 aliphatic rings. The molecule has 1 atom stereocenters. The van der Waals surface area contributed by atoms with Gasteiger partial charge >= 0.3 is 0 Å². The van der Waals surface area contributed by atoms with Crippen molar-refractivity contribution in [3.05, 3.63) is 64.1 Å². The number of nitrogens with one attached hydrogen (secondary N) is 1. The lowest BCUT2D eigenvalue weighted by molar-refractivity contribution is 0.412. The van der Waals surface area contributed by atoms with E-state index in [1.807, 2.05) is 19.2 Å². The summed E-state index contributed by atoms with van der Waals surface area (Å²) in [5.41, 5.74) is 2.93. The molecule has 1 saturated carbocycles. The summed E-state index contributed by atoms with van der Waals surface area (Å²) in [7, 11) is 3.74. The van der Waals surface area contributed by atoms with Crippen LogP contribution in [0.4, 0.5) is 0 Å². The normalized spacial score (nSPS) is 17.3. The number of methoxy groups -OCH3 is 1. The monoisotopic (exact) mass is 345 g/mol. The van der Waals surface area contributed by atoms with Crippen LogP contribution < -0.4 is 10.1 Å². The first-order chi connectivity index (χ1) is 10.2. The summed E-state index contributed by atoms with van der Waals surface area (Å²) in [5.74, 6) is 0.880. The molecule has 0 aliphatic heterocycles. The van der Waals surface area contributed by atoms with Crippen molar-refractivity contribution < 1.29 is 4.74 Å². The first-order valence-electron chi connectivity index (χ1n) is 7.27. The smallest absolute Gasteiger partial charge is 0.120 e. The van der Waals surface area contributed by atoms with Crippen molar-refractivity contribution in [1.82, 2.24) is 5.32 Å². The van der Waals surface area contributed by atoms with Gasteiger partial charge in [-0.25, -0.2) is 0 Å².